The lowest BCUT2D eigenvalue weighted by atomic mass is 9.95. The number of carbonyl (C=O) groups excluding carboxylic acids is 2. The number of hydrogen-bond acceptors (Lipinski definition) is 4. The number of rotatable bonds is 6. The molecule has 0 aromatic heterocycles. The quantitative estimate of drug-likeness (QED) is 0.409. The van der Waals surface area contributed by atoms with Gasteiger partial charge in [-0.1, -0.05) is 19.3 Å². The summed E-state index contributed by atoms with van der Waals surface area (Å²) >= 11 is 0. The molecule has 0 unspecified atom stereocenters. The molecular weight excluding hydrogens is 234 g/mol. The first-order chi connectivity index (χ1) is 8.63. The van der Waals surface area contributed by atoms with Crippen molar-refractivity contribution >= 4 is 11.8 Å². The first-order valence-corrected chi connectivity index (χ1v) is 6.62. The molecule has 0 bridgehead atoms. The number of hydroxylamine groups is 1. The van der Waals surface area contributed by atoms with Crippen molar-refractivity contribution in [1.82, 2.24) is 10.8 Å². The lowest BCUT2D eigenvalue weighted by molar-refractivity contribution is -0.131. The molecule has 0 spiro atoms. The zero-order chi connectivity index (χ0) is 13.4. The molecule has 1 atom stereocenters. The zero-order valence-electron chi connectivity index (χ0n) is 10.7. The van der Waals surface area contributed by atoms with Gasteiger partial charge in [0.1, 0.15) is 0 Å². The Labute approximate surface area is 107 Å². The molecule has 6 nitrogen and oxygen atoms in total. The molecule has 0 aromatic rings. The fraction of sp³-hybridized carbons (Fsp3) is 0.833. The molecule has 0 heterocycles. The van der Waals surface area contributed by atoms with Crippen molar-refractivity contribution in [2.75, 3.05) is 0 Å². The number of nitrogens with one attached hydrogen (secondary N) is 2. The summed E-state index contributed by atoms with van der Waals surface area (Å²) in [6.45, 7) is 0. The minimum absolute atomic E-state index is 0.0264. The molecule has 1 aliphatic carbocycles. The summed E-state index contributed by atoms with van der Waals surface area (Å²) in [5, 5.41) is 11.4. The summed E-state index contributed by atoms with van der Waals surface area (Å²) in [6, 6.07) is -0.432. The first-order valence-electron chi connectivity index (χ1n) is 6.62. The second-order valence-corrected chi connectivity index (χ2v) is 4.88. The van der Waals surface area contributed by atoms with Crippen LogP contribution in [-0.4, -0.2) is 29.1 Å². The van der Waals surface area contributed by atoms with E-state index < -0.39 is 11.9 Å². The molecule has 6 heteroatoms. The van der Waals surface area contributed by atoms with E-state index in [-0.39, 0.29) is 5.91 Å². The van der Waals surface area contributed by atoms with E-state index in [0.717, 1.165) is 12.8 Å². The molecule has 1 aliphatic rings. The number of hydrogen-bond donors (Lipinski definition) is 4. The Morgan fingerprint density at radius 3 is 2.56 bits per heavy atom. The molecule has 2 amide bonds. The summed E-state index contributed by atoms with van der Waals surface area (Å²) in [5.41, 5.74) is 7.00. The van der Waals surface area contributed by atoms with E-state index in [1.54, 1.807) is 0 Å². The van der Waals surface area contributed by atoms with E-state index in [1.807, 2.05) is 0 Å². The predicted molar refractivity (Wildman–Crippen MR) is 66.8 cm³/mol. The molecule has 18 heavy (non-hydrogen) atoms. The maximum atomic E-state index is 11.6. The normalized spacial score (nSPS) is 18.1. The van der Waals surface area contributed by atoms with Crippen molar-refractivity contribution in [1.29, 1.82) is 0 Å². The van der Waals surface area contributed by atoms with Crippen LogP contribution >= 0.6 is 0 Å². The average molecular weight is 257 g/mol. The van der Waals surface area contributed by atoms with Crippen LogP contribution in [0.5, 0.6) is 0 Å². The molecule has 104 valence electrons. The van der Waals surface area contributed by atoms with Crippen molar-refractivity contribution in [3.63, 3.8) is 0 Å². The van der Waals surface area contributed by atoms with E-state index in [9.17, 15) is 9.59 Å². The smallest absolute Gasteiger partial charge is 0.260 e. The lowest BCUT2D eigenvalue weighted by Crippen LogP contribution is -2.39. The SMILES string of the molecule is N[C@@H](CCCC(=O)NC1CCCCC1)C(=O)NO. The van der Waals surface area contributed by atoms with Crippen LogP contribution in [0.15, 0.2) is 0 Å². The minimum atomic E-state index is -0.752. The molecule has 0 saturated heterocycles. The monoisotopic (exact) mass is 257 g/mol. The van der Waals surface area contributed by atoms with Crippen molar-refractivity contribution in [3.8, 4) is 0 Å². The third-order valence-corrected chi connectivity index (χ3v) is 3.34. The van der Waals surface area contributed by atoms with Gasteiger partial charge in [-0.3, -0.25) is 14.8 Å². The van der Waals surface area contributed by atoms with Crippen LogP contribution in [0.1, 0.15) is 51.4 Å². The minimum Gasteiger partial charge on any atom is -0.353 e. The molecule has 5 N–H and O–H groups in total. The van der Waals surface area contributed by atoms with Crippen molar-refractivity contribution in [3.05, 3.63) is 0 Å². The molecule has 1 rings (SSSR count). The van der Waals surface area contributed by atoms with E-state index >= 15 is 0 Å². The van der Waals surface area contributed by atoms with E-state index in [0.29, 0.717) is 25.3 Å². The Morgan fingerprint density at radius 1 is 1.28 bits per heavy atom. The highest BCUT2D eigenvalue weighted by Crippen LogP contribution is 2.17. The molecule has 1 fully saturated rings. The second kappa shape index (κ2) is 8.05. The third kappa shape index (κ3) is 5.46. The summed E-state index contributed by atoms with van der Waals surface area (Å²) in [7, 11) is 0. The predicted octanol–water partition coefficient (Wildman–Crippen LogP) is 0.438. The lowest BCUT2D eigenvalue weighted by Gasteiger charge is -2.22. The summed E-state index contributed by atoms with van der Waals surface area (Å²) in [4.78, 5) is 22.5. The first kappa shape index (κ1) is 14.9. The van der Waals surface area contributed by atoms with Crippen molar-refractivity contribution < 1.29 is 14.8 Å². The summed E-state index contributed by atoms with van der Waals surface area (Å²) < 4.78 is 0. The summed E-state index contributed by atoms with van der Waals surface area (Å²) in [6.07, 6.45) is 7.09. The third-order valence-electron chi connectivity index (χ3n) is 3.34. The highest BCUT2D eigenvalue weighted by molar-refractivity contribution is 5.80. The van der Waals surface area contributed by atoms with Gasteiger partial charge in [-0.15, -0.1) is 0 Å². The van der Waals surface area contributed by atoms with Gasteiger partial charge in [-0.05, 0) is 25.7 Å². The van der Waals surface area contributed by atoms with Gasteiger partial charge in [0.2, 0.25) is 5.91 Å². The van der Waals surface area contributed by atoms with E-state index in [4.69, 9.17) is 10.9 Å². The Morgan fingerprint density at radius 2 is 1.94 bits per heavy atom. The van der Waals surface area contributed by atoms with Crippen molar-refractivity contribution in [2.45, 2.75) is 63.5 Å². The van der Waals surface area contributed by atoms with Crippen molar-refractivity contribution in [2.24, 2.45) is 5.73 Å². The second-order valence-electron chi connectivity index (χ2n) is 4.88. The van der Waals surface area contributed by atoms with Gasteiger partial charge in [-0.25, -0.2) is 5.48 Å². The number of carbonyl (C=O) groups is 2. The number of amides is 2. The fourth-order valence-corrected chi connectivity index (χ4v) is 2.24. The Bertz CT molecular complexity index is 278. The molecular formula is C12H23N3O3. The van der Waals surface area contributed by atoms with Crippen LogP contribution in [0, 0.1) is 0 Å². The van der Waals surface area contributed by atoms with Gasteiger partial charge >= 0.3 is 0 Å². The largest absolute Gasteiger partial charge is 0.353 e. The van der Waals surface area contributed by atoms with Crippen LogP contribution in [-0.2, 0) is 9.59 Å². The highest BCUT2D eigenvalue weighted by atomic mass is 16.5. The fourth-order valence-electron chi connectivity index (χ4n) is 2.24. The maximum absolute atomic E-state index is 11.6. The Hall–Kier alpha value is -1.14. The highest BCUT2D eigenvalue weighted by Gasteiger charge is 2.16. The Balaban J connectivity index is 2.11. The molecule has 0 radical (unpaired) electrons. The van der Waals surface area contributed by atoms with Gasteiger partial charge < -0.3 is 11.1 Å². The van der Waals surface area contributed by atoms with Gasteiger partial charge in [0.15, 0.2) is 0 Å². The van der Waals surface area contributed by atoms with Gasteiger partial charge in [0.25, 0.3) is 5.91 Å². The average Bonchev–Trinajstić information content (AvgIpc) is 2.38. The van der Waals surface area contributed by atoms with Gasteiger partial charge in [0.05, 0.1) is 6.04 Å². The molecule has 1 saturated carbocycles. The molecule has 0 aliphatic heterocycles. The van der Waals surface area contributed by atoms with Crippen LogP contribution in [0.3, 0.4) is 0 Å². The van der Waals surface area contributed by atoms with Crippen LogP contribution < -0.4 is 16.5 Å². The number of nitrogens with two attached hydrogens (primary N) is 1. The zero-order valence-corrected chi connectivity index (χ0v) is 10.7. The van der Waals surface area contributed by atoms with E-state index in [1.165, 1.54) is 24.7 Å². The van der Waals surface area contributed by atoms with E-state index in [2.05, 4.69) is 5.32 Å². The summed E-state index contributed by atoms with van der Waals surface area (Å²) in [5.74, 6) is -0.582. The standard InChI is InChI=1S/C12H23N3O3/c13-10(12(17)15-18)7-4-8-11(16)14-9-5-2-1-3-6-9/h9-10,18H,1-8,13H2,(H,14,16)(H,15,17)/t10-/m0/s1. The maximum Gasteiger partial charge on any atom is 0.260 e. The van der Waals surface area contributed by atoms with Crippen LogP contribution in [0.25, 0.3) is 0 Å². The molecule has 0 aromatic carbocycles. The Kier molecular flexibility index (Phi) is 6.67. The van der Waals surface area contributed by atoms with Crippen LogP contribution in [0.4, 0.5) is 0 Å². The van der Waals surface area contributed by atoms with Gasteiger partial charge in [0, 0.05) is 12.5 Å². The van der Waals surface area contributed by atoms with Crippen LogP contribution in [0.2, 0.25) is 0 Å². The van der Waals surface area contributed by atoms with Gasteiger partial charge in [-0.2, -0.15) is 0 Å². The topological polar surface area (TPSA) is 104 Å².